The van der Waals surface area contributed by atoms with Crippen LogP contribution in [0.25, 0.3) is 0 Å². The van der Waals surface area contributed by atoms with Crippen LogP contribution in [0.2, 0.25) is 5.02 Å². The summed E-state index contributed by atoms with van der Waals surface area (Å²) in [4.78, 5) is 2.36. The van der Waals surface area contributed by atoms with Gasteiger partial charge in [0, 0.05) is 42.8 Å². The van der Waals surface area contributed by atoms with Gasteiger partial charge in [0.15, 0.2) is 0 Å². The zero-order valence-corrected chi connectivity index (χ0v) is 12.4. The van der Waals surface area contributed by atoms with Crippen LogP contribution in [0.3, 0.4) is 0 Å². The van der Waals surface area contributed by atoms with Gasteiger partial charge in [0.2, 0.25) is 0 Å². The monoisotopic (exact) mass is 284 g/mol. The molecule has 1 aliphatic rings. The molecule has 1 aromatic carbocycles. The number of rotatable bonds is 4. The topological polar surface area (TPSA) is 15.3 Å². The number of halogens is 2. The third-order valence-electron chi connectivity index (χ3n) is 4.02. The van der Waals surface area contributed by atoms with Gasteiger partial charge in [-0.3, -0.25) is 4.90 Å². The molecule has 0 bridgehead atoms. The third-order valence-corrected chi connectivity index (χ3v) is 4.35. The van der Waals surface area contributed by atoms with Gasteiger partial charge in [0.25, 0.3) is 0 Å². The fourth-order valence-electron chi connectivity index (χ4n) is 2.80. The van der Waals surface area contributed by atoms with Crippen LogP contribution >= 0.6 is 11.6 Å². The average molecular weight is 285 g/mol. The van der Waals surface area contributed by atoms with Crippen molar-refractivity contribution >= 4 is 11.6 Å². The molecule has 0 aromatic heterocycles. The zero-order chi connectivity index (χ0) is 13.8. The van der Waals surface area contributed by atoms with E-state index < -0.39 is 0 Å². The second kappa shape index (κ2) is 6.69. The number of nitrogens with zero attached hydrogens (tertiary/aromatic N) is 1. The summed E-state index contributed by atoms with van der Waals surface area (Å²) in [6.07, 6.45) is 1.01. The number of hydrogen-bond donors (Lipinski definition) is 1. The Morgan fingerprint density at radius 3 is 2.63 bits per heavy atom. The van der Waals surface area contributed by atoms with Crippen molar-refractivity contribution in [1.82, 2.24) is 10.2 Å². The minimum Gasteiger partial charge on any atom is -0.314 e. The molecule has 1 fully saturated rings. The quantitative estimate of drug-likeness (QED) is 0.911. The fourth-order valence-corrected chi connectivity index (χ4v) is 3.08. The molecule has 106 valence electrons. The van der Waals surface area contributed by atoms with Crippen molar-refractivity contribution in [1.29, 1.82) is 0 Å². The summed E-state index contributed by atoms with van der Waals surface area (Å²) in [5.74, 6) is 0.198. The number of benzene rings is 1. The molecule has 4 heteroatoms. The van der Waals surface area contributed by atoms with Gasteiger partial charge < -0.3 is 5.32 Å². The number of nitrogens with one attached hydrogen (secondary N) is 1. The van der Waals surface area contributed by atoms with E-state index in [0.717, 1.165) is 32.6 Å². The maximum atomic E-state index is 14.2. The van der Waals surface area contributed by atoms with Crippen molar-refractivity contribution in [3.05, 3.63) is 34.6 Å². The summed E-state index contributed by atoms with van der Waals surface area (Å²) in [7, 11) is 0. The van der Waals surface area contributed by atoms with Crippen molar-refractivity contribution in [3.8, 4) is 0 Å². The molecule has 1 aliphatic heterocycles. The van der Waals surface area contributed by atoms with Crippen LogP contribution in [0.15, 0.2) is 18.2 Å². The summed E-state index contributed by atoms with van der Waals surface area (Å²) in [6.45, 7) is 8.13. The van der Waals surface area contributed by atoms with Crippen LogP contribution in [0.1, 0.15) is 31.9 Å². The highest BCUT2D eigenvalue weighted by Crippen LogP contribution is 2.36. The number of hydrogen-bond acceptors (Lipinski definition) is 2. The molecule has 0 amide bonds. The van der Waals surface area contributed by atoms with Crippen LogP contribution in [0.4, 0.5) is 4.39 Å². The van der Waals surface area contributed by atoms with Crippen LogP contribution in [-0.4, -0.2) is 31.1 Å². The summed E-state index contributed by atoms with van der Waals surface area (Å²) in [5, 5.41) is 3.88. The van der Waals surface area contributed by atoms with Crippen LogP contribution in [0.5, 0.6) is 0 Å². The molecule has 19 heavy (non-hydrogen) atoms. The lowest BCUT2D eigenvalue weighted by atomic mass is 9.90. The Hall–Kier alpha value is -0.640. The van der Waals surface area contributed by atoms with E-state index in [-0.39, 0.29) is 11.9 Å². The van der Waals surface area contributed by atoms with Gasteiger partial charge in [0.1, 0.15) is 5.82 Å². The summed E-state index contributed by atoms with van der Waals surface area (Å²) in [5.41, 5.74) is 0.667. The van der Waals surface area contributed by atoms with Crippen molar-refractivity contribution in [2.75, 3.05) is 26.2 Å². The van der Waals surface area contributed by atoms with Gasteiger partial charge in [-0.15, -0.1) is 0 Å². The molecule has 1 heterocycles. The molecular formula is C15H22ClFN2. The van der Waals surface area contributed by atoms with Crippen molar-refractivity contribution in [3.63, 3.8) is 0 Å². The normalized spacial score (nSPS) is 20.2. The van der Waals surface area contributed by atoms with Crippen molar-refractivity contribution < 1.29 is 4.39 Å². The van der Waals surface area contributed by atoms with Gasteiger partial charge in [-0.1, -0.05) is 37.9 Å². The molecule has 1 N–H and O–H groups in total. The second-order valence-electron chi connectivity index (χ2n) is 5.25. The molecule has 2 atom stereocenters. The van der Waals surface area contributed by atoms with Crippen LogP contribution in [0, 0.1) is 11.7 Å². The smallest absolute Gasteiger partial charge is 0.129 e. The first kappa shape index (κ1) is 14.8. The van der Waals surface area contributed by atoms with E-state index in [1.54, 1.807) is 12.1 Å². The first-order valence-electron chi connectivity index (χ1n) is 7.03. The average Bonchev–Trinajstić information content (AvgIpc) is 2.43. The largest absolute Gasteiger partial charge is 0.314 e. The lowest BCUT2D eigenvalue weighted by molar-refractivity contribution is 0.125. The van der Waals surface area contributed by atoms with Crippen LogP contribution in [-0.2, 0) is 0 Å². The fraction of sp³-hybridized carbons (Fsp3) is 0.600. The Labute approximate surface area is 119 Å². The Kier molecular flexibility index (Phi) is 5.20. The van der Waals surface area contributed by atoms with Gasteiger partial charge in [-0.05, 0) is 18.1 Å². The van der Waals surface area contributed by atoms with E-state index in [0.29, 0.717) is 16.5 Å². The molecule has 0 radical (unpaired) electrons. The van der Waals surface area contributed by atoms with E-state index in [9.17, 15) is 4.39 Å². The highest BCUT2D eigenvalue weighted by molar-refractivity contribution is 6.31. The predicted molar refractivity (Wildman–Crippen MR) is 78.0 cm³/mol. The van der Waals surface area contributed by atoms with E-state index >= 15 is 0 Å². The van der Waals surface area contributed by atoms with E-state index in [4.69, 9.17) is 11.6 Å². The SMILES string of the molecule is CCC(C)[C@@H](c1c(F)cccc1Cl)N1CCNCC1. The Bertz CT molecular complexity index is 398. The van der Waals surface area contributed by atoms with E-state index in [2.05, 4.69) is 24.1 Å². The highest BCUT2D eigenvalue weighted by atomic mass is 35.5. The van der Waals surface area contributed by atoms with Gasteiger partial charge in [0.05, 0.1) is 0 Å². The van der Waals surface area contributed by atoms with E-state index in [1.165, 1.54) is 6.07 Å². The third kappa shape index (κ3) is 3.28. The van der Waals surface area contributed by atoms with Crippen LogP contribution < -0.4 is 5.32 Å². The molecule has 0 spiro atoms. The first-order chi connectivity index (χ1) is 9.15. The van der Waals surface area contributed by atoms with Crippen molar-refractivity contribution in [2.45, 2.75) is 26.3 Å². The van der Waals surface area contributed by atoms with Crippen molar-refractivity contribution in [2.24, 2.45) is 5.92 Å². The summed E-state index contributed by atoms with van der Waals surface area (Å²) >= 11 is 6.26. The predicted octanol–water partition coefficient (Wildman–Crippen LogP) is 3.47. The van der Waals surface area contributed by atoms with E-state index in [1.807, 2.05) is 0 Å². The molecule has 1 saturated heterocycles. The highest BCUT2D eigenvalue weighted by Gasteiger charge is 2.30. The van der Waals surface area contributed by atoms with Gasteiger partial charge in [-0.2, -0.15) is 0 Å². The lowest BCUT2D eigenvalue weighted by Gasteiger charge is -2.38. The molecule has 0 saturated carbocycles. The summed E-state index contributed by atoms with van der Waals surface area (Å²) < 4.78 is 14.2. The maximum absolute atomic E-state index is 14.2. The Morgan fingerprint density at radius 1 is 1.37 bits per heavy atom. The minimum absolute atomic E-state index is 0.0702. The first-order valence-corrected chi connectivity index (χ1v) is 7.41. The molecule has 2 rings (SSSR count). The second-order valence-corrected chi connectivity index (χ2v) is 5.66. The molecule has 1 aromatic rings. The zero-order valence-electron chi connectivity index (χ0n) is 11.6. The van der Waals surface area contributed by atoms with Gasteiger partial charge in [-0.25, -0.2) is 4.39 Å². The summed E-state index contributed by atoms with van der Waals surface area (Å²) in [6, 6.07) is 5.05. The molecule has 2 nitrogen and oxygen atoms in total. The van der Waals surface area contributed by atoms with Gasteiger partial charge >= 0.3 is 0 Å². The minimum atomic E-state index is -0.184. The number of piperazine rings is 1. The molecule has 0 aliphatic carbocycles. The molecular weight excluding hydrogens is 263 g/mol. The maximum Gasteiger partial charge on any atom is 0.129 e. The molecule has 1 unspecified atom stereocenters. The lowest BCUT2D eigenvalue weighted by Crippen LogP contribution is -2.46. The standard InChI is InChI=1S/C15H22ClFN2/c1-3-11(2)15(19-9-7-18-8-10-19)14-12(16)5-4-6-13(14)17/h4-6,11,15,18H,3,7-10H2,1-2H3/t11?,15-/m0/s1. The Morgan fingerprint density at radius 2 is 2.05 bits per heavy atom. The Balaban J connectivity index is 2.36.